The molecule has 0 unspecified atom stereocenters. The van der Waals surface area contributed by atoms with Gasteiger partial charge in [-0.1, -0.05) is 46.0 Å². The minimum Gasteiger partial charge on any atom is -0.399 e. The van der Waals surface area contributed by atoms with E-state index in [0.717, 1.165) is 5.46 Å². The van der Waals surface area contributed by atoms with Crippen LogP contribution in [0.2, 0.25) is 18.1 Å². The van der Waals surface area contributed by atoms with E-state index in [9.17, 15) is 0 Å². The molecule has 0 spiro atoms. The van der Waals surface area contributed by atoms with Crippen LogP contribution in [0.3, 0.4) is 0 Å². The molecule has 3 nitrogen and oxygen atoms in total. The molecule has 3 rings (SSSR count). The number of rotatable bonds is 2. The summed E-state index contributed by atoms with van der Waals surface area (Å²) in [5.41, 5.74) is 3.15. The summed E-state index contributed by atoms with van der Waals surface area (Å²) in [6.45, 7) is 22.6. The molecule has 2 aromatic rings. The number of fused-ring (bicyclic) bond motifs is 1. The lowest BCUT2D eigenvalue weighted by Gasteiger charge is -2.39. The van der Waals surface area contributed by atoms with E-state index < -0.39 is 8.24 Å². The smallest absolute Gasteiger partial charge is 0.399 e. The van der Waals surface area contributed by atoms with Crippen LogP contribution in [0, 0.1) is 6.92 Å². The Hall–Kier alpha value is -1.04. The molecule has 1 aromatic carbocycles. The third-order valence-corrected chi connectivity index (χ3v) is 12.3. The first kappa shape index (κ1) is 19.7. The molecular weight excluding hydrogens is 337 g/mol. The zero-order valence-electron chi connectivity index (χ0n) is 18.2. The van der Waals surface area contributed by atoms with Gasteiger partial charge in [0.15, 0.2) is 8.24 Å². The van der Waals surface area contributed by atoms with Gasteiger partial charge in [0, 0.05) is 11.2 Å². The Kier molecular flexibility index (Phi) is 4.34. The molecule has 5 heteroatoms. The van der Waals surface area contributed by atoms with E-state index in [-0.39, 0.29) is 23.4 Å². The van der Waals surface area contributed by atoms with E-state index in [2.05, 4.69) is 97.0 Å². The van der Waals surface area contributed by atoms with E-state index in [0.29, 0.717) is 0 Å². The molecule has 1 aliphatic heterocycles. The minimum absolute atomic E-state index is 0.286. The lowest BCUT2D eigenvalue weighted by atomic mass is 9.79. The monoisotopic (exact) mass is 371 g/mol. The number of benzene rings is 1. The number of hydrogen-bond donors (Lipinski definition) is 0. The first-order valence-electron chi connectivity index (χ1n) is 9.65. The molecule has 1 saturated heterocycles. The van der Waals surface area contributed by atoms with Gasteiger partial charge >= 0.3 is 7.12 Å². The maximum absolute atomic E-state index is 6.24. The van der Waals surface area contributed by atoms with Crippen LogP contribution in [0.25, 0.3) is 10.9 Å². The topological polar surface area (TPSA) is 23.4 Å². The first-order valence-corrected chi connectivity index (χ1v) is 12.6. The van der Waals surface area contributed by atoms with E-state index >= 15 is 0 Å². The van der Waals surface area contributed by atoms with Gasteiger partial charge in [-0.2, -0.15) is 0 Å². The number of hydrogen-bond acceptors (Lipinski definition) is 2. The van der Waals surface area contributed by atoms with Gasteiger partial charge in [-0.05, 0) is 62.6 Å². The summed E-state index contributed by atoms with van der Waals surface area (Å²) in [4.78, 5) is 0. The molecule has 0 radical (unpaired) electrons. The SMILES string of the molecule is Cc1cc2cc(B3OC(C)(C)C(C)(C)O3)ccc2n1[Si](C)(C)C(C)(C)C. The van der Waals surface area contributed by atoms with Crippen LogP contribution in [0.5, 0.6) is 0 Å². The molecule has 142 valence electrons. The van der Waals surface area contributed by atoms with Crippen molar-refractivity contribution in [2.45, 2.75) is 84.7 Å². The van der Waals surface area contributed by atoms with Crippen molar-refractivity contribution in [3.63, 3.8) is 0 Å². The normalized spacial score (nSPS) is 20.2. The Labute approximate surface area is 160 Å². The van der Waals surface area contributed by atoms with Crippen molar-refractivity contribution < 1.29 is 9.31 Å². The maximum atomic E-state index is 6.24. The van der Waals surface area contributed by atoms with Crippen LogP contribution in [-0.4, -0.2) is 30.8 Å². The van der Waals surface area contributed by atoms with Crippen LogP contribution >= 0.6 is 0 Å². The van der Waals surface area contributed by atoms with Crippen LogP contribution in [0.4, 0.5) is 0 Å². The van der Waals surface area contributed by atoms with Crippen molar-refractivity contribution >= 4 is 31.7 Å². The van der Waals surface area contributed by atoms with Crippen molar-refractivity contribution in [2.24, 2.45) is 0 Å². The fourth-order valence-corrected chi connectivity index (χ4v) is 6.00. The van der Waals surface area contributed by atoms with Crippen molar-refractivity contribution in [1.82, 2.24) is 4.23 Å². The standard InChI is InChI=1S/C21H34BNO2Si/c1-15-13-16-14-17(22-24-20(5,6)21(7,8)25-22)11-12-18(16)23(15)26(9,10)19(2,3)4/h11-14H,1-10H3. The average Bonchev–Trinajstić information content (AvgIpc) is 2.89. The summed E-state index contributed by atoms with van der Waals surface area (Å²) in [6, 6.07) is 8.98. The van der Waals surface area contributed by atoms with Gasteiger partial charge in [-0.3, -0.25) is 0 Å². The van der Waals surface area contributed by atoms with Gasteiger partial charge in [0.25, 0.3) is 0 Å². The Morgan fingerprint density at radius 2 is 1.50 bits per heavy atom. The summed E-state index contributed by atoms with van der Waals surface area (Å²) in [6.07, 6.45) is 0. The highest BCUT2D eigenvalue weighted by molar-refractivity contribution is 6.79. The molecule has 0 N–H and O–H groups in total. The molecule has 1 fully saturated rings. The fraction of sp³-hybridized carbons (Fsp3) is 0.619. The number of aromatic nitrogens is 1. The van der Waals surface area contributed by atoms with Gasteiger partial charge in [-0.15, -0.1) is 0 Å². The second-order valence-corrected chi connectivity index (χ2v) is 15.4. The summed E-state index contributed by atoms with van der Waals surface area (Å²) in [5, 5.41) is 1.56. The second-order valence-electron chi connectivity index (χ2n) is 10.3. The predicted molar refractivity (Wildman–Crippen MR) is 115 cm³/mol. The molecule has 26 heavy (non-hydrogen) atoms. The Bertz CT molecular complexity index is 830. The van der Waals surface area contributed by atoms with Crippen LogP contribution in [0.15, 0.2) is 24.3 Å². The van der Waals surface area contributed by atoms with Crippen LogP contribution in [0.1, 0.15) is 54.2 Å². The molecular formula is C21H34BNO2Si. The van der Waals surface area contributed by atoms with Crippen molar-refractivity contribution in [3.8, 4) is 0 Å². The third-order valence-electron chi connectivity index (χ3n) is 6.93. The van der Waals surface area contributed by atoms with E-state index in [1.165, 1.54) is 16.6 Å². The molecule has 0 amide bonds. The minimum atomic E-state index is -1.68. The van der Waals surface area contributed by atoms with Gasteiger partial charge in [0.2, 0.25) is 0 Å². The number of aryl methyl sites for hydroxylation is 1. The highest BCUT2D eigenvalue weighted by Crippen LogP contribution is 2.40. The molecule has 2 heterocycles. The van der Waals surface area contributed by atoms with Crippen LogP contribution in [-0.2, 0) is 9.31 Å². The van der Waals surface area contributed by atoms with Crippen molar-refractivity contribution in [3.05, 3.63) is 30.0 Å². The van der Waals surface area contributed by atoms with E-state index in [1.54, 1.807) is 0 Å². The van der Waals surface area contributed by atoms with Crippen molar-refractivity contribution in [1.29, 1.82) is 0 Å². The molecule has 0 aliphatic carbocycles. The largest absolute Gasteiger partial charge is 0.494 e. The summed E-state index contributed by atoms with van der Waals surface area (Å²) in [7, 11) is -1.98. The lowest BCUT2D eigenvalue weighted by molar-refractivity contribution is 0.00578. The van der Waals surface area contributed by atoms with Gasteiger partial charge in [-0.25, -0.2) is 0 Å². The van der Waals surface area contributed by atoms with Gasteiger partial charge in [0.1, 0.15) is 0 Å². The predicted octanol–water partition coefficient (Wildman–Crippen LogP) is 5.10. The zero-order chi connectivity index (χ0) is 19.7. The van der Waals surface area contributed by atoms with Gasteiger partial charge in [0.05, 0.1) is 11.2 Å². The summed E-state index contributed by atoms with van der Waals surface area (Å²) >= 11 is 0. The highest BCUT2D eigenvalue weighted by Gasteiger charge is 2.51. The molecule has 1 aromatic heterocycles. The van der Waals surface area contributed by atoms with Crippen molar-refractivity contribution in [2.75, 3.05) is 0 Å². The molecule has 0 saturated carbocycles. The second kappa shape index (κ2) is 5.73. The average molecular weight is 371 g/mol. The zero-order valence-corrected chi connectivity index (χ0v) is 19.2. The highest BCUT2D eigenvalue weighted by atomic mass is 28.3. The molecule has 0 atom stereocenters. The first-order chi connectivity index (χ1) is 11.7. The van der Waals surface area contributed by atoms with E-state index in [1.807, 2.05) is 0 Å². The third kappa shape index (κ3) is 2.88. The van der Waals surface area contributed by atoms with E-state index in [4.69, 9.17) is 9.31 Å². The Morgan fingerprint density at radius 3 is 2.00 bits per heavy atom. The Morgan fingerprint density at radius 1 is 0.962 bits per heavy atom. The maximum Gasteiger partial charge on any atom is 0.494 e. The quantitative estimate of drug-likeness (QED) is 0.686. The van der Waals surface area contributed by atoms with Gasteiger partial charge < -0.3 is 13.5 Å². The molecule has 1 aliphatic rings. The Balaban J connectivity index is 2.06. The molecule has 0 bridgehead atoms. The fourth-order valence-electron chi connectivity index (χ4n) is 3.58. The summed E-state index contributed by atoms with van der Waals surface area (Å²) < 4.78 is 15.1. The number of nitrogens with zero attached hydrogens (tertiary/aromatic N) is 1. The summed E-state index contributed by atoms with van der Waals surface area (Å²) in [5.74, 6) is 0. The lowest BCUT2D eigenvalue weighted by Crippen LogP contribution is -2.45. The van der Waals surface area contributed by atoms with Crippen LogP contribution < -0.4 is 5.46 Å².